The molecule has 0 amide bonds. The minimum absolute atomic E-state index is 1.13. The van der Waals surface area contributed by atoms with Crippen LogP contribution in [-0.2, 0) is 0 Å². The molecule has 1 aromatic heterocycles. The molecule has 14 heavy (non-hydrogen) atoms. The van der Waals surface area contributed by atoms with E-state index in [0.29, 0.717) is 0 Å². The number of nitrogens with zero attached hydrogens (tertiary/aromatic N) is 1. The lowest BCUT2D eigenvalue weighted by atomic mass is 10.1. The monoisotopic (exact) mass is 184 g/mol. The summed E-state index contributed by atoms with van der Waals surface area (Å²) in [5, 5.41) is 3.09. The van der Waals surface area contributed by atoms with Crippen LogP contribution in [0.1, 0.15) is 0 Å². The zero-order valence-electron chi connectivity index (χ0n) is 8.07. The van der Waals surface area contributed by atoms with Gasteiger partial charge in [0.15, 0.2) is 0 Å². The minimum Gasteiger partial charge on any atom is -0.388 e. The van der Waals surface area contributed by atoms with Gasteiger partial charge in [0, 0.05) is 25.1 Å². The quantitative estimate of drug-likeness (QED) is 0.776. The summed E-state index contributed by atoms with van der Waals surface area (Å²) in [7, 11) is 1.92. The van der Waals surface area contributed by atoms with Crippen LogP contribution in [0.15, 0.2) is 48.8 Å². The second-order valence-corrected chi connectivity index (χ2v) is 3.06. The molecule has 0 saturated heterocycles. The first kappa shape index (κ1) is 8.75. The second-order valence-electron chi connectivity index (χ2n) is 3.06. The Labute approximate surface area is 83.6 Å². The van der Waals surface area contributed by atoms with Crippen molar-refractivity contribution >= 4 is 5.69 Å². The van der Waals surface area contributed by atoms with Crippen LogP contribution in [0.5, 0.6) is 0 Å². The number of aromatic nitrogens is 1. The van der Waals surface area contributed by atoms with Crippen molar-refractivity contribution in [3.8, 4) is 11.1 Å². The predicted molar refractivity (Wildman–Crippen MR) is 59.2 cm³/mol. The summed E-state index contributed by atoms with van der Waals surface area (Å²) in [5.41, 5.74) is 3.54. The van der Waals surface area contributed by atoms with Crippen LogP contribution in [0.25, 0.3) is 11.1 Å². The van der Waals surface area contributed by atoms with E-state index < -0.39 is 0 Å². The van der Waals surface area contributed by atoms with E-state index in [9.17, 15) is 0 Å². The summed E-state index contributed by atoms with van der Waals surface area (Å²) in [5.74, 6) is 0. The van der Waals surface area contributed by atoms with Crippen LogP contribution < -0.4 is 5.32 Å². The summed E-state index contributed by atoms with van der Waals surface area (Å²) in [6.07, 6.45) is 3.61. The topological polar surface area (TPSA) is 24.9 Å². The highest BCUT2D eigenvalue weighted by Crippen LogP contribution is 2.19. The van der Waals surface area contributed by atoms with Gasteiger partial charge in [0.2, 0.25) is 0 Å². The molecule has 0 aliphatic carbocycles. The maximum atomic E-state index is 3.99. The fourth-order valence-corrected chi connectivity index (χ4v) is 1.37. The van der Waals surface area contributed by atoms with Gasteiger partial charge in [0.1, 0.15) is 0 Å². The number of hydrogen-bond acceptors (Lipinski definition) is 2. The smallest absolute Gasteiger partial charge is 0.0337 e. The number of pyridine rings is 1. The van der Waals surface area contributed by atoms with Gasteiger partial charge in [-0.1, -0.05) is 12.1 Å². The Morgan fingerprint density at radius 2 is 1.43 bits per heavy atom. The molecule has 0 unspecified atom stereocenters. The number of rotatable bonds is 2. The van der Waals surface area contributed by atoms with Gasteiger partial charge >= 0.3 is 0 Å². The first-order chi connectivity index (χ1) is 6.90. The molecule has 0 radical (unpaired) electrons. The van der Waals surface area contributed by atoms with Gasteiger partial charge in [-0.25, -0.2) is 0 Å². The van der Waals surface area contributed by atoms with E-state index in [4.69, 9.17) is 0 Å². The van der Waals surface area contributed by atoms with Crippen molar-refractivity contribution in [1.29, 1.82) is 0 Å². The Bertz CT molecular complexity index is 392. The van der Waals surface area contributed by atoms with Crippen molar-refractivity contribution in [3.63, 3.8) is 0 Å². The van der Waals surface area contributed by atoms with Crippen molar-refractivity contribution < 1.29 is 0 Å². The summed E-state index contributed by atoms with van der Waals surface area (Å²) < 4.78 is 0. The fourth-order valence-electron chi connectivity index (χ4n) is 1.37. The van der Waals surface area contributed by atoms with Crippen molar-refractivity contribution in [1.82, 2.24) is 4.98 Å². The Morgan fingerprint density at radius 3 is 2.00 bits per heavy atom. The van der Waals surface area contributed by atoms with Crippen molar-refractivity contribution in [2.75, 3.05) is 12.4 Å². The van der Waals surface area contributed by atoms with E-state index >= 15 is 0 Å². The minimum atomic E-state index is 1.13. The van der Waals surface area contributed by atoms with Gasteiger partial charge in [-0.2, -0.15) is 0 Å². The molecule has 0 fully saturated rings. The standard InChI is InChI=1S/C12H12N2/c1-13-12-4-2-10(3-5-12)11-6-8-14-9-7-11/h2-9,13H,1H3. The largest absolute Gasteiger partial charge is 0.388 e. The Kier molecular flexibility index (Phi) is 2.45. The normalized spacial score (nSPS) is 9.79. The first-order valence-electron chi connectivity index (χ1n) is 4.58. The van der Waals surface area contributed by atoms with Crippen molar-refractivity contribution in [2.45, 2.75) is 0 Å². The molecule has 2 aromatic rings. The van der Waals surface area contributed by atoms with Crippen molar-refractivity contribution in [2.24, 2.45) is 0 Å². The molecule has 0 spiro atoms. The molecule has 1 aromatic carbocycles. The highest BCUT2D eigenvalue weighted by molar-refractivity contribution is 5.65. The molecule has 1 heterocycles. The molecule has 70 valence electrons. The van der Waals surface area contributed by atoms with Gasteiger partial charge < -0.3 is 5.32 Å². The van der Waals surface area contributed by atoms with E-state index in [0.717, 1.165) is 5.69 Å². The zero-order valence-corrected chi connectivity index (χ0v) is 8.07. The van der Waals surface area contributed by atoms with Gasteiger partial charge in [0.25, 0.3) is 0 Å². The second kappa shape index (κ2) is 3.92. The van der Waals surface area contributed by atoms with Gasteiger partial charge in [-0.3, -0.25) is 4.98 Å². The average molecular weight is 184 g/mol. The van der Waals surface area contributed by atoms with E-state index in [1.807, 2.05) is 19.2 Å². The number of benzene rings is 1. The van der Waals surface area contributed by atoms with Crippen LogP contribution in [-0.4, -0.2) is 12.0 Å². The van der Waals surface area contributed by atoms with Crippen molar-refractivity contribution in [3.05, 3.63) is 48.8 Å². The molecule has 1 N–H and O–H groups in total. The highest BCUT2D eigenvalue weighted by Gasteiger charge is 1.95. The van der Waals surface area contributed by atoms with E-state index in [1.54, 1.807) is 12.4 Å². The average Bonchev–Trinajstić information content (AvgIpc) is 2.30. The zero-order chi connectivity index (χ0) is 9.80. The molecular formula is C12H12N2. The maximum absolute atomic E-state index is 3.99. The molecule has 2 rings (SSSR count). The van der Waals surface area contributed by atoms with Crippen LogP contribution >= 0.6 is 0 Å². The lowest BCUT2D eigenvalue weighted by Gasteiger charge is -2.03. The van der Waals surface area contributed by atoms with E-state index in [2.05, 4.69) is 34.6 Å². The van der Waals surface area contributed by atoms with Gasteiger partial charge in [-0.15, -0.1) is 0 Å². The van der Waals surface area contributed by atoms with Crippen LogP contribution in [0, 0.1) is 0 Å². The highest BCUT2D eigenvalue weighted by atomic mass is 14.8. The Balaban J connectivity index is 2.34. The molecular weight excluding hydrogens is 172 g/mol. The molecule has 0 atom stereocenters. The van der Waals surface area contributed by atoms with E-state index in [-0.39, 0.29) is 0 Å². The van der Waals surface area contributed by atoms with Gasteiger partial charge in [-0.05, 0) is 35.4 Å². The maximum Gasteiger partial charge on any atom is 0.0337 e. The molecule has 0 saturated carbocycles. The third kappa shape index (κ3) is 1.74. The van der Waals surface area contributed by atoms with Crippen LogP contribution in [0.2, 0.25) is 0 Å². The Morgan fingerprint density at radius 1 is 0.857 bits per heavy atom. The molecule has 2 nitrogen and oxygen atoms in total. The molecule has 2 heteroatoms. The number of nitrogens with one attached hydrogen (secondary N) is 1. The van der Waals surface area contributed by atoms with Crippen LogP contribution in [0.4, 0.5) is 5.69 Å². The summed E-state index contributed by atoms with van der Waals surface area (Å²) in [6.45, 7) is 0. The molecule has 0 aliphatic heterocycles. The fraction of sp³-hybridized carbons (Fsp3) is 0.0833. The third-order valence-corrected chi connectivity index (χ3v) is 2.19. The summed E-state index contributed by atoms with van der Waals surface area (Å²) >= 11 is 0. The summed E-state index contributed by atoms with van der Waals surface area (Å²) in [4.78, 5) is 3.99. The predicted octanol–water partition coefficient (Wildman–Crippen LogP) is 2.79. The molecule has 0 aliphatic rings. The van der Waals surface area contributed by atoms with E-state index in [1.165, 1.54) is 11.1 Å². The number of anilines is 1. The van der Waals surface area contributed by atoms with Crippen LogP contribution in [0.3, 0.4) is 0 Å². The Hall–Kier alpha value is -1.83. The first-order valence-corrected chi connectivity index (χ1v) is 4.58. The lowest BCUT2D eigenvalue weighted by molar-refractivity contribution is 1.33. The SMILES string of the molecule is CNc1ccc(-c2ccncc2)cc1. The third-order valence-electron chi connectivity index (χ3n) is 2.19. The summed E-state index contributed by atoms with van der Waals surface area (Å²) in [6, 6.07) is 12.3. The molecule has 0 bridgehead atoms. The van der Waals surface area contributed by atoms with Gasteiger partial charge in [0.05, 0.1) is 0 Å². The number of hydrogen-bond donors (Lipinski definition) is 1. The lowest BCUT2D eigenvalue weighted by Crippen LogP contribution is -1.86.